The number of fused-ring (bicyclic) bond motifs is 1. The van der Waals surface area contributed by atoms with E-state index >= 15 is 0 Å². The fourth-order valence-corrected chi connectivity index (χ4v) is 1.81. The minimum absolute atomic E-state index is 0.0332. The summed E-state index contributed by atoms with van der Waals surface area (Å²) in [6.07, 6.45) is 3.32. The summed E-state index contributed by atoms with van der Waals surface area (Å²) in [5.74, 6) is 0. The molecule has 0 saturated heterocycles. The van der Waals surface area contributed by atoms with Gasteiger partial charge >= 0.3 is 0 Å². The van der Waals surface area contributed by atoms with Gasteiger partial charge in [-0.1, -0.05) is 11.6 Å². The van der Waals surface area contributed by atoms with Crippen molar-refractivity contribution in [1.82, 2.24) is 9.55 Å². The molecule has 0 amide bonds. The number of halogens is 1. The van der Waals surface area contributed by atoms with Crippen LogP contribution in [-0.4, -0.2) is 33.1 Å². The van der Waals surface area contributed by atoms with E-state index in [0.717, 1.165) is 5.39 Å². The van der Waals surface area contributed by atoms with Gasteiger partial charge in [0.2, 0.25) is 0 Å². The summed E-state index contributed by atoms with van der Waals surface area (Å²) in [4.78, 5) is 16.1. The summed E-state index contributed by atoms with van der Waals surface area (Å²) in [5, 5.41) is 1.60. The molecule has 0 fully saturated rings. The minimum Gasteiger partial charge on any atom is -0.333 e. The van der Waals surface area contributed by atoms with Crippen LogP contribution in [0, 0.1) is 0 Å². The van der Waals surface area contributed by atoms with E-state index < -0.39 is 0 Å². The fourth-order valence-electron chi connectivity index (χ4n) is 1.64. The van der Waals surface area contributed by atoms with Gasteiger partial charge in [-0.2, -0.15) is 0 Å². The third-order valence-electron chi connectivity index (χ3n) is 2.48. The van der Waals surface area contributed by atoms with Gasteiger partial charge in [0.05, 0.1) is 5.39 Å². The van der Waals surface area contributed by atoms with Crippen LogP contribution in [0.2, 0.25) is 5.15 Å². The highest BCUT2D eigenvalue weighted by atomic mass is 35.5. The maximum Gasteiger partial charge on any atom is 0.258 e. The molecular weight excluding hydrogens is 220 g/mol. The SMILES string of the molecule is BC(B)(B)n1ccc2cc(Cl)ncc2c1=O. The molecule has 0 bridgehead atoms. The van der Waals surface area contributed by atoms with Crippen molar-refractivity contribution in [2.45, 2.75) is 5.24 Å². The second kappa shape index (κ2) is 3.70. The van der Waals surface area contributed by atoms with Crippen LogP contribution in [-0.2, 0) is 5.24 Å². The Hall–Kier alpha value is -1.16. The summed E-state index contributed by atoms with van der Waals surface area (Å²) in [6.45, 7) is 0. The molecule has 3 nitrogen and oxygen atoms in total. The first-order valence-corrected chi connectivity index (χ1v) is 5.45. The van der Waals surface area contributed by atoms with Crippen LogP contribution < -0.4 is 5.56 Å². The Kier molecular flexibility index (Phi) is 2.62. The molecule has 16 heavy (non-hydrogen) atoms. The van der Waals surface area contributed by atoms with E-state index in [-0.39, 0.29) is 10.8 Å². The molecule has 2 rings (SSSR count). The van der Waals surface area contributed by atoms with Gasteiger partial charge in [-0.25, -0.2) is 4.98 Å². The average molecular weight is 230 g/mol. The maximum absolute atomic E-state index is 12.2. The Morgan fingerprint density at radius 1 is 1.38 bits per heavy atom. The number of aromatic nitrogens is 2. The first-order valence-electron chi connectivity index (χ1n) is 5.07. The summed E-state index contributed by atoms with van der Waals surface area (Å²) in [5.41, 5.74) is -0.0332. The van der Waals surface area contributed by atoms with Crippen molar-refractivity contribution in [1.29, 1.82) is 0 Å². The molecule has 2 aromatic heterocycles. The number of nitrogens with zero attached hydrogens (tertiary/aromatic N) is 2. The van der Waals surface area contributed by atoms with Gasteiger partial charge in [0.1, 0.15) is 28.7 Å². The van der Waals surface area contributed by atoms with E-state index in [2.05, 4.69) is 4.98 Å². The molecule has 0 aromatic carbocycles. The molecular formula is C9H10B3ClN2O. The first-order chi connectivity index (χ1) is 7.39. The van der Waals surface area contributed by atoms with Crippen molar-refractivity contribution >= 4 is 45.9 Å². The van der Waals surface area contributed by atoms with Crippen LogP contribution in [0.3, 0.4) is 0 Å². The second-order valence-electron chi connectivity index (χ2n) is 4.76. The topological polar surface area (TPSA) is 34.9 Å². The van der Waals surface area contributed by atoms with Crippen LogP contribution in [0.25, 0.3) is 10.8 Å². The van der Waals surface area contributed by atoms with Gasteiger partial charge in [-0.3, -0.25) is 4.79 Å². The van der Waals surface area contributed by atoms with Crippen molar-refractivity contribution < 1.29 is 0 Å². The molecule has 0 radical (unpaired) electrons. The molecule has 0 atom stereocenters. The maximum atomic E-state index is 12.2. The molecule has 78 valence electrons. The number of pyridine rings is 2. The second-order valence-corrected chi connectivity index (χ2v) is 5.14. The van der Waals surface area contributed by atoms with Crippen LogP contribution in [0.1, 0.15) is 0 Å². The lowest BCUT2D eigenvalue weighted by Crippen LogP contribution is -2.42. The zero-order valence-electron chi connectivity index (χ0n) is 9.49. The Morgan fingerprint density at radius 3 is 2.69 bits per heavy atom. The van der Waals surface area contributed by atoms with E-state index in [1.54, 1.807) is 16.8 Å². The van der Waals surface area contributed by atoms with Crippen LogP contribution >= 0.6 is 11.6 Å². The number of rotatable bonds is 1. The van der Waals surface area contributed by atoms with Crippen molar-refractivity contribution in [3.63, 3.8) is 0 Å². The smallest absolute Gasteiger partial charge is 0.258 e. The predicted octanol–water partition coefficient (Wildman–Crippen LogP) is -1.48. The van der Waals surface area contributed by atoms with Crippen LogP contribution in [0.5, 0.6) is 0 Å². The van der Waals surface area contributed by atoms with Crippen LogP contribution in [0.4, 0.5) is 0 Å². The molecule has 0 aliphatic rings. The summed E-state index contributed by atoms with van der Waals surface area (Å²) in [7, 11) is 5.97. The Balaban J connectivity index is 2.81. The normalized spacial score (nSPS) is 11.8. The molecule has 7 heteroatoms. The molecule has 2 heterocycles. The van der Waals surface area contributed by atoms with Gasteiger partial charge in [0.15, 0.2) is 0 Å². The van der Waals surface area contributed by atoms with Crippen molar-refractivity contribution in [2.75, 3.05) is 0 Å². The Labute approximate surface area is 101 Å². The molecule has 0 N–H and O–H groups in total. The molecule has 0 unspecified atom stereocenters. The number of hydrogen-bond donors (Lipinski definition) is 0. The van der Waals surface area contributed by atoms with E-state index in [9.17, 15) is 4.79 Å². The van der Waals surface area contributed by atoms with Crippen LogP contribution in [0.15, 0.2) is 29.3 Å². The van der Waals surface area contributed by atoms with Crippen molar-refractivity contribution in [3.05, 3.63) is 40.0 Å². The summed E-state index contributed by atoms with van der Waals surface area (Å²) in [6, 6.07) is 3.58. The third kappa shape index (κ3) is 1.89. The molecule has 2 aromatic rings. The van der Waals surface area contributed by atoms with Crippen molar-refractivity contribution in [2.24, 2.45) is 0 Å². The highest BCUT2D eigenvalue weighted by Gasteiger charge is 2.15. The lowest BCUT2D eigenvalue weighted by Gasteiger charge is -2.22. The lowest BCUT2D eigenvalue weighted by atomic mass is 9.49. The van der Waals surface area contributed by atoms with Gasteiger partial charge in [-0.05, 0) is 22.8 Å². The molecule has 0 aliphatic heterocycles. The highest BCUT2D eigenvalue weighted by molar-refractivity contribution is 6.56. The molecule has 0 aliphatic carbocycles. The number of hydrogen-bond acceptors (Lipinski definition) is 2. The average Bonchev–Trinajstić information content (AvgIpc) is 2.15. The Bertz CT molecular complexity index is 606. The van der Waals surface area contributed by atoms with E-state index in [0.29, 0.717) is 10.5 Å². The molecule has 0 spiro atoms. The zero-order valence-corrected chi connectivity index (χ0v) is 10.2. The zero-order chi connectivity index (χ0) is 11.9. The molecule has 0 saturated carbocycles. The van der Waals surface area contributed by atoms with Gasteiger partial charge in [-0.15, -0.1) is 0 Å². The quantitative estimate of drug-likeness (QED) is 0.442. The standard InChI is InChI=1S/C9H10B3ClN2O/c10-9(11,12)15-2-1-5-3-7(13)14-4-6(5)8(15)16/h1-4H,10-12H2. The monoisotopic (exact) mass is 230 g/mol. The minimum atomic E-state index is -0.231. The van der Waals surface area contributed by atoms with E-state index in [4.69, 9.17) is 11.6 Å². The lowest BCUT2D eigenvalue weighted by molar-refractivity contribution is 0.752. The third-order valence-corrected chi connectivity index (χ3v) is 2.68. The van der Waals surface area contributed by atoms with Gasteiger partial charge in [0, 0.05) is 12.4 Å². The largest absolute Gasteiger partial charge is 0.333 e. The summed E-state index contributed by atoms with van der Waals surface area (Å²) < 4.78 is 1.70. The van der Waals surface area contributed by atoms with Gasteiger partial charge < -0.3 is 4.57 Å². The highest BCUT2D eigenvalue weighted by Crippen LogP contribution is 2.14. The van der Waals surface area contributed by atoms with Crippen molar-refractivity contribution in [3.8, 4) is 0 Å². The Morgan fingerprint density at radius 2 is 2.06 bits per heavy atom. The predicted molar refractivity (Wildman–Crippen MR) is 74.6 cm³/mol. The van der Waals surface area contributed by atoms with E-state index in [1.165, 1.54) is 6.20 Å². The van der Waals surface area contributed by atoms with E-state index in [1.807, 2.05) is 29.6 Å². The summed E-state index contributed by atoms with van der Waals surface area (Å²) >= 11 is 5.78. The van der Waals surface area contributed by atoms with Gasteiger partial charge in [0.25, 0.3) is 5.56 Å². The fraction of sp³-hybridized carbons (Fsp3) is 0.111. The first kappa shape index (κ1) is 11.3.